The van der Waals surface area contributed by atoms with Crippen molar-refractivity contribution >= 4 is 40.8 Å². The Bertz CT molecular complexity index is 931. The summed E-state index contributed by atoms with van der Waals surface area (Å²) in [6, 6.07) is 0. The van der Waals surface area contributed by atoms with Crippen LogP contribution in [0.2, 0.25) is 0 Å². The maximum atomic E-state index is 12.7. The first-order chi connectivity index (χ1) is 17.5. The van der Waals surface area contributed by atoms with E-state index in [0.717, 1.165) is 31.3 Å². The molecule has 12 atom stereocenters. The molecule has 4 rings (SSSR count). The Morgan fingerprint density at radius 1 is 1.05 bits per heavy atom. The van der Waals surface area contributed by atoms with Gasteiger partial charge in [0.15, 0.2) is 0 Å². The van der Waals surface area contributed by atoms with Crippen LogP contribution in [0.1, 0.15) is 86.5 Å². The third-order valence-electron chi connectivity index (χ3n) is 12.0. The van der Waals surface area contributed by atoms with Gasteiger partial charge in [-0.05, 0) is 98.7 Å². The van der Waals surface area contributed by atoms with E-state index >= 15 is 0 Å². The molecule has 0 amide bonds. The molecule has 4 aliphatic carbocycles. The fourth-order valence-electron chi connectivity index (χ4n) is 10.2. The number of carboxylic acids is 1. The summed E-state index contributed by atoms with van der Waals surface area (Å²) in [5, 5.41) is 33.1. The van der Waals surface area contributed by atoms with Crippen LogP contribution in [0.5, 0.6) is 0 Å². The number of carboxylic acid groups (broad SMARTS) is 1. The van der Waals surface area contributed by atoms with Crippen LogP contribution in [0.4, 0.5) is 0 Å². The molecule has 0 aromatic carbocycles. The summed E-state index contributed by atoms with van der Waals surface area (Å²) in [5.74, 6) is -1.19. The molecular weight excluding hydrogens is 547 g/mol. The number of allylic oxidation sites excluding steroid dienone is 2. The Balaban J connectivity index is 1.77. The average molecular weight is 594 g/mol. The molecule has 0 aliphatic heterocycles. The number of aliphatic hydroxyl groups excluding tert-OH is 2. The highest BCUT2D eigenvalue weighted by molar-refractivity contribution is 6.67. The van der Waals surface area contributed by atoms with Gasteiger partial charge in [-0.15, -0.1) is 0 Å². The molecule has 4 aliphatic rings. The maximum absolute atomic E-state index is 12.7. The van der Waals surface area contributed by atoms with Gasteiger partial charge < -0.3 is 20.1 Å². The van der Waals surface area contributed by atoms with Crippen LogP contribution in [0, 0.1) is 51.8 Å². The van der Waals surface area contributed by atoms with Gasteiger partial charge in [0.25, 0.3) is 0 Å². The van der Waals surface area contributed by atoms with Gasteiger partial charge in [-0.2, -0.15) is 0 Å². The fourth-order valence-corrected chi connectivity index (χ4v) is 10.3. The van der Waals surface area contributed by atoms with Crippen LogP contribution >= 0.6 is 34.8 Å². The largest absolute Gasteiger partial charge is 0.481 e. The van der Waals surface area contributed by atoms with Crippen molar-refractivity contribution < 1.29 is 24.9 Å². The van der Waals surface area contributed by atoms with Gasteiger partial charge in [0.2, 0.25) is 3.79 Å². The number of fused-ring (bicyclic) bond motifs is 5. The summed E-state index contributed by atoms with van der Waals surface area (Å²) in [6.45, 7) is 13.0. The Hall–Kier alpha value is -0.0400. The quantitative estimate of drug-likeness (QED) is 0.227. The van der Waals surface area contributed by atoms with Gasteiger partial charge in [-0.3, -0.25) is 4.79 Å². The second-order valence-electron chi connectivity index (χ2n) is 14.0. The Morgan fingerprint density at radius 3 is 2.29 bits per heavy atom. The number of halogens is 3. The molecule has 4 saturated carbocycles. The molecule has 38 heavy (non-hydrogen) atoms. The molecule has 0 aromatic rings. The summed E-state index contributed by atoms with van der Waals surface area (Å²) >= 11 is 18.3. The maximum Gasteiger partial charge on any atom is 0.307 e. The minimum Gasteiger partial charge on any atom is -0.481 e. The van der Waals surface area contributed by atoms with Gasteiger partial charge in [-0.25, -0.2) is 0 Å². The number of rotatable bonds is 6. The zero-order valence-electron chi connectivity index (χ0n) is 23.7. The van der Waals surface area contributed by atoms with Crippen molar-refractivity contribution in [2.45, 2.75) is 109 Å². The lowest BCUT2D eigenvalue weighted by Crippen LogP contribution is -2.66. The third-order valence-corrected chi connectivity index (χ3v) is 12.3. The first-order valence-electron chi connectivity index (χ1n) is 14.4. The van der Waals surface area contributed by atoms with Gasteiger partial charge >= 0.3 is 5.97 Å². The van der Waals surface area contributed by atoms with Crippen molar-refractivity contribution in [2.24, 2.45) is 51.8 Å². The number of carbonyl (C=O) groups is 1. The zero-order valence-corrected chi connectivity index (χ0v) is 26.0. The van der Waals surface area contributed by atoms with Crippen molar-refractivity contribution in [2.75, 3.05) is 6.61 Å². The lowest BCUT2D eigenvalue weighted by molar-refractivity contribution is -0.240. The molecule has 0 bridgehead atoms. The topological polar surface area (TPSA) is 87.0 Å². The van der Waals surface area contributed by atoms with E-state index in [1.807, 2.05) is 19.9 Å². The highest BCUT2D eigenvalue weighted by atomic mass is 35.6. The summed E-state index contributed by atoms with van der Waals surface area (Å²) in [4.78, 5) is 12.7. The number of ether oxygens (including phenoxy) is 1. The minimum absolute atomic E-state index is 0.0301. The van der Waals surface area contributed by atoms with E-state index in [-0.39, 0.29) is 58.7 Å². The number of hydrogen-bond donors (Lipinski definition) is 3. The summed E-state index contributed by atoms with van der Waals surface area (Å²) in [6.07, 6.45) is 6.02. The Kier molecular flexibility index (Phi) is 8.67. The monoisotopic (exact) mass is 592 g/mol. The summed E-state index contributed by atoms with van der Waals surface area (Å²) in [5.41, 5.74) is 0.537. The Labute approximate surface area is 243 Å². The van der Waals surface area contributed by atoms with Crippen molar-refractivity contribution in [1.29, 1.82) is 0 Å². The van der Waals surface area contributed by atoms with Crippen LogP contribution in [-0.2, 0) is 9.53 Å². The number of aliphatic hydroxyl groups is 2. The summed E-state index contributed by atoms with van der Waals surface area (Å²) < 4.78 is 4.71. The zero-order chi connectivity index (χ0) is 28.4. The number of aliphatic carboxylic acids is 1. The van der Waals surface area contributed by atoms with Crippen molar-refractivity contribution in [3.8, 4) is 0 Å². The molecule has 0 saturated heterocycles. The molecule has 8 heteroatoms. The predicted octanol–water partition coefficient (Wildman–Crippen LogP) is 7.04. The molecular formula is C30H47Cl3O5. The molecule has 5 nitrogen and oxygen atoms in total. The van der Waals surface area contributed by atoms with Crippen LogP contribution in [-0.4, -0.2) is 50.0 Å². The van der Waals surface area contributed by atoms with Crippen molar-refractivity contribution in [3.05, 3.63) is 11.6 Å². The molecule has 3 N–H and O–H groups in total. The first-order valence-corrected chi connectivity index (χ1v) is 15.5. The second kappa shape index (κ2) is 10.7. The fraction of sp³-hybridized carbons (Fsp3) is 0.900. The van der Waals surface area contributed by atoms with Crippen LogP contribution < -0.4 is 0 Å². The van der Waals surface area contributed by atoms with E-state index in [0.29, 0.717) is 25.2 Å². The van der Waals surface area contributed by atoms with Crippen molar-refractivity contribution in [3.63, 3.8) is 0 Å². The molecule has 0 radical (unpaired) electrons. The molecule has 0 heterocycles. The average Bonchev–Trinajstić information content (AvgIpc) is 3.07. The summed E-state index contributed by atoms with van der Waals surface area (Å²) in [7, 11) is 0. The molecule has 0 spiro atoms. The van der Waals surface area contributed by atoms with E-state index in [2.05, 4.69) is 27.7 Å². The lowest BCUT2D eigenvalue weighted by atomic mass is 9.36. The molecule has 218 valence electrons. The van der Waals surface area contributed by atoms with Crippen LogP contribution in [0.15, 0.2) is 11.6 Å². The number of hydrogen-bond acceptors (Lipinski definition) is 4. The van der Waals surface area contributed by atoms with E-state index in [1.54, 1.807) is 0 Å². The highest BCUT2D eigenvalue weighted by Gasteiger charge is 2.71. The number of alkyl halides is 3. The van der Waals surface area contributed by atoms with E-state index < -0.39 is 21.8 Å². The van der Waals surface area contributed by atoms with E-state index in [4.69, 9.17) is 39.5 Å². The van der Waals surface area contributed by atoms with Crippen LogP contribution in [0.3, 0.4) is 0 Å². The highest BCUT2D eigenvalue weighted by Crippen LogP contribution is 2.74. The van der Waals surface area contributed by atoms with Gasteiger partial charge in [0.05, 0.1) is 30.8 Å². The van der Waals surface area contributed by atoms with E-state index in [1.165, 1.54) is 0 Å². The minimum atomic E-state index is -1.59. The molecule has 4 unspecified atom stereocenters. The normalized spacial score (nSPS) is 47.4. The Morgan fingerprint density at radius 2 is 1.71 bits per heavy atom. The lowest BCUT2D eigenvalue weighted by Gasteiger charge is -2.69. The molecule has 4 fully saturated rings. The SMILES string of the molecule is CC(C)=CC[C@@H](C(=O)O)[C@@H]1C2CC(O)C3[C@@]4(C)CC[C@@H](O)[C@@H](C)C4CC[C@]3(C)[C@@]2(C)C[C@@H]1OCC(Cl)(Cl)Cl. The smallest absolute Gasteiger partial charge is 0.307 e. The predicted molar refractivity (Wildman–Crippen MR) is 152 cm³/mol. The van der Waals surface area contributed by atoms with Gasteiger partial charge in [-0.1, -0.05) is 74.1 Å². The van der Waals surface area contributed by atoms with E-state index in [9.17, 15) is 20.1 Å². The van der Waals surface area contributed by atoms with Gasteiger partial charge in [0.1, 0.15) is 0 Å². The standard InChI is InChI=1S/C30H47Cl3O5/c1-16(2)7-8-18(26(36)37)24-20-13-22(35)25-27(4)11-10-21(34)17(3)19(27)9-12-28(25,5)29(20,6)14-23(24)38-15-30(31,32)33/h7,17-25,34-35H,8-15H2,1-6H3,(H,36,37)/t17-,18+,19?,20?,21+,22?,23-,24+,25?,27-,28-,29-/m0/s1. The van der Waals surface area contributed by atoms with Crippen LogP contribution in [0.25, 0.3) is 0 Å². The molecule has 0 aromatic heterocycles. The third kappa shape index (κ3) is 5.09. The van der Waals surface area contributed by atoms with Gasteiger partial charge in [0, 0.05) is 5.92 Å². The second-order valence-corrected chi connectivity index (χ2v) is 16.6. The van der Waals surface area contributed by atoms with Crippen molar-refractivity contribution in [1.82, 2.24) is 0 Å². The first kappa shape index (κ1) is 30.9.